The van der Waals surface area contributed by atoms with Gasteiger partial charge in [0.2, 0.25) is 5.71 Å². The monoisotopic (exact) mass is 738 g/mol. The van der Waals surface area contributed by atoms with Gasteiger partial charge in [-0.2, -0.15) is 0 Å². The maximum atomic E-state index is 6.16. The van der Waals surface area contributed by atoms with Gasteiger partial charge >= 0.3 is 0 Å². The van der Waals surface area contributed by atoms with E-state index in [1.54, 1.807) is 0 Å². The minimum atomic E-state index is 0. The second-order valence-electron chi connectivity index (χ2n) is 10.7. The Morgan fingerprint density at radius 3 is 2.21 bits per heavy atom. The van der Waals surface area contributed by atoms with Crippen LogP contribution in [0.4, 0.5) is 0 Å². The van der Waals surface area contributed by atoms with Crippen LogP contribution in [0.25, 0.3) is 44.6 Å². The number of aryl methyl sites for hydroxylation is 4. The summed E-state index contributed by atoms with van der Waals surface area (Å²) in [6.45, 7) is 8.27. The summed E-state index contributed by atoms with van der Waals surface area (Å²) in [5.41, 5.74) is 12.3. The summed E-state index contributed by atoms with van der Waals surface area (Å²) >= 11 is 0. The second-order valence-corrected chi connectivity index (χ2v) is 10.7. The molecular formula is C38H31IrN3O-2. The average molecular weight is 738 g/mol. The zero-order chi connectivity index (χ0) is 29.1. The van der Waals surface area contributed by atoms with Gasteiger partial charge in [-0.05, 0) is 61.0 Å². The van der Waals surface area contributed by atoms with Crippen molar-refractivity contribution in [2.45, 2.75) is 34.1 Å². The molecule has 0 spiro atoms. The van der Waals surface area contributed by atoms with Crippen molar-refractivity contribution in [3.63, 3.8) is 0 Å². The Labute approximate surface area is 266 Å². The third kappa shape index (κ3) is 6.80. The minimum Gasteiger partial charge on any atom is -0.486 e. The molecule has 215 valence electrons. The van der Waals surface area contributed by atoms with Crippen LogP contribution in [0.1, 0.15) is 33.5 Å². The maximum Gasteiger partial charge on any atom is 0.216 e. The van der Waals surface area contributed by atoms with E-state index in [0.29, 0.717) is 5.71 Å². The molecule has 5 heteroatoms. The zero-order valence-electron chi connectivity index (χ0n) is 24.6. The standard InChI is InChI=1S/C24H17N2O.C14H14N.Ir/c1-16-10-13-22(25-15-16)21-9-5-8-19-20-12-11-18(26-24(20)27-23(19)21)14-17-6-3-2-4-7-17;1-10-4-6-13(7-5-10)14-8-11(2)12(3)9-15-14;/h2-8,10-13,15H,14H2,1H3;4-6,8-9H,1-3H3;/q2*-1;. The molecule has 0 unspecified atom stereocenters. The van der Waals surface area contributed by atoms with Crippen molar-refractivity contribution in [1.82, 2.24) is 15.0 Å². The quantitative estimate of drug-likeness (QED) is 0.169. The van der Waals surface area contributed by atoms with E-state index in [-0.39, 0.29) is 20.1 Å². The Morgan fingerprint density at radius 1 is 0.698 bits per heavy atom. The van der Waals surface area contributed by atoms with Crippen LogP contribution in [0.3, 0.4) is 0 Å². The van der Waals surface area contributed by atoms with E-state index in [1.807, 2.05) is 67.8 Å². The van der Waals surface area contributed by atoms with Crippen LogP contribution in [0, 0.1) is 39.8 Å². The number of hydrogen-bond donors (Lipinski definition) is 0. The first-order chi connectivity index (χ1) is 20.4. The molecule has 7 aromatic rings. The fourth-order valence-electron chi connectivity index (χ4n) is 4.80. The summed E-state index contributed by atoms with van der Waals surface area (Å²) in [6.07, 6.45) is 4.56. The van der Waals surface area contributed by atoms with Gasteiger partial charge in [0.1, 0.15) is 0 Å². The van der Waals surface area contributed by atoms with Crippen molar-refractivity contribution in [3.8, 4) is 22.5 Å². The third-order valence-corrected chi connectivity index (χ3v) is 7.37. The number of hydrogen-bond acceptors (Lipinski definition) is 4. The fraction of sp³-hybridized carbons (Fsp3) is 0.132. The average Bonchev–Trinajstić information content (AvgIpc) is 3.38. The zero-order valence-corrected chi connectivity index (χ0v) is 27.0. The molecular weight excluding hydrogens is 707 g/mol. The predicted octanol–water partition coefficient (Wildman–Crippen LogP) is 9.21. The van der Waals surface area contributed by atoms with Gasteiger partial charge in [-0.1, -0.05) is 72.0 Å². The van der Waals surface area contributed by atoms with E-state index in [2.05, 4.69) is 85.3 Å². The molecule has 0 N–H and O–H groups in total. The molecule has 43 heavy (non-hydrogen) atoms. The first-order valence-electron chi connectivity index (χ1n) is 14.1. The second kappa shape index (κ2) is 13.2. The van der Waals surface area contributed by atoms with Crippen molar-refractivity contribution in [2.24, 2.45) is 0 Å². The molecule has 1 radical (unpaired) electrons. The summed E-state index contributed by atoms with van der Waals surface area (Å²) in [5.74, 6) is 0. The van der Waals surface area contributed by atoms with Gasteiger partial charge in [0, 0.05) is 50.0 Å². The summed E-state index contributed by atoms with van der Waals surface area (Å²) in [7, 11) is 0. The number of benzene rings is 3. The SMILES string of the molecule is Cc1c[c-]c(-c2cc(C)c(C)cn2)cc1.Cc1ccc(-c2[c-]ccc3c2oc2nc(Cc4ccccc4)ccc23)nc1.[Ir]. The molecule has 0 aliphatic rings. The Morgan fingerprint density at radius 2 is 1.49 bits per heavy atom. The van der Waals surface area contributed by atoms with Crippen LogP contribution in [-0.2, 0) is 26.5 Å². The van der Waals surface area contributed by atoms with Gasteiger partial charge in [0.15, 0.2) is 0 Å². The van der Waals surface area contributed by atoms with Gasteiger partial charge in [-0.3, -0.25) is 0 Å². The Balaban J connectivity index is 0.000000197. The van der Waals surface area contributed by atoms with E-state index < -0.39 is 0 Å². The molecule has 0 saturated heterocycles. The van der Waals surface area contributed by atoms with Crippen LogP contribution in [0.5, 0.6) is 0 Å². The molecule has 0 amide bonds. The first-order valence-corrected chi connectivity index (χ1v) is 14.1. The van der Waals surface area contributed by atoms with Gasteiger partial charge < -0.3 is 14.4 Å². The van der Waals surface area contributed by atoms with E-state index >= 15 is 0 Å². The summed E-state index contributed by atoms with van der Waals surface area (Å²) in [5, 5.41) is 2.06. The topological polar surface area (TPSA) is 51.8 Å². The van der Waals surface area contributed by atoms with Crippen LogP contribution >= 0.6 is 0 Å². The molecule has 0 atom stereocenters. The number of fused-ring (bicyclic) bond motifs is 3. The number of pyridine rings is 3. The van der Waals surface area contributed by atoms with Crippen molar-refractivity contribution in [2.75, 3.05) is 0 Å². The maximum absolute atomic E-state index is 6.16. The molecule has 0 aliphatic heterocycles. The molecule has 0 bridgehead atoms. The van der Waals surface area contributed by atoms with Crippen molar-refractivity contribution in [3.05, 3.63) is 149 Å². The van der Waals surface area contributed by atoms with E-state index in [0.717, 1.165) is 56.5 Å². The molecule has 0 saturated carbocycles. The number of aromatic nitrogens is 3. The van der Waals surface area contributed by atoms with Crippen LogP contribution < -0.4 is 0 Å². The smallest absolute Gasteiger partial charge is 0.216 e. The molecule has 0 aliphatic carbocycles. The normalized spacial score (nSPS) is 10.7. The first kappa shape index (κ1) is 30.0. The molecule has 4 heterocycles. The predicted molar refractivity (Wildman–Crippen MR) is 170 cm³/mol. The van der Waals surface area contributed by atoms with Crippen LogP contribution in [0.2, 0.25) is 0 Å². The van der Waals surface area contributed by atoms with E-state index in [9.17, 15) is 0 Å². The molecule has 4 nitrogen and oxygen atoms in total. The molecule has 3 aromatic carbocycles. The summed E-state index contributed by atoms with van der Waals surface area (Å²) < 4.78 is 6.16. The largest absolute Gasteiger partial charge is 0.486 e. The van der Waals surface area contributed by atoms with Gasteiger partial charge in [-0.15, -0.1) is 53.6 Å². The van der Waals surface area contributed by atoms with E-state index in [1.165, 1.54) is 22.3 Å². The van der Waals surface area contributed by atoms with Gasteiger partial charge in [0.05, 0.1) is 5.58 Å². The Bertz CT molecular complexity index is 1980. The van der Waals surface area contributed by atoms with Crippen LogP contribution in [-0.4, -0.2) is 15.0 Å². The van der Waals surface area contributed by atoms with Gasteiger partial charge in [0.25, 0.3) is 0 Å². The number of nitrogens with zero attached hydrogens (tertiary/aromatic N) is 3. The Hall–Kier alpha value is -4.44. The molecule has 4 aromatic heterocycles. The fourth-order valence-corrected chi connectivity index (χ4v) is 4.80. The minimum absolute atomic E-state index is 0. The summed E-state index contributed by atoms with van der Waals surface area (Å²) in [6, 6.07) is 37.3. The Kier molecular flexibility index (Phi) is 9.25. The van der Waals surface area contributed by atoms with Crippen molar-refractivity contribution < 1.29 is 24.5 Å². The van der Waals surface area contributed by atoms with Crippen molar-refractivity contribution >= 4 is 22.1 Å². The summed E-state index contributed by atoms with van der Waals surface area (Å²) in [4.78, 5) is 13.7. The number of furan rings is 1. The van der Waals surface area contributed by atoms with Crippen molar-refractivity contribution in [1.29, 1.82) is 0 Å². The van der Waals surface area contributed by atoms with Crippen LogP contribution in [0.15, 0.2) is 108 Å². The number of rotatable bonds is 4. The molecule has 7 rings (SSSR count). The molecule has 0 fully saturated rings. The van der Waals surface area contributed by atoms with Gasteiger partial charge in [-0.25, -0.2) is 4.98 Å². The van der Waals surface area contributed by atoms with E-state index in [4.69, 9.17) is 9.40 Å². The third-order valence-electron chi connectivity index (χ3n) is 7.37.